The number of aliphatic hydroxyl groups is 1. The summed E-state index contributed by atoms with van der Waals surface area (Å²) in [6, 6.07) is 21.1. The summed E-state index contributed by atoms with van der Waals surface area (Å²) in [6.07, 6.45) is 0. The highest BCUT2D eigenvalue weighted by Crippen LogP contribution is 2.38. The zero-order chi connectivity index (χ0) is 27.4. The molecule has 3 N–H and O–H groups in total. The molecule has 0 radical (unpaired) electrons. The van der Waals surface area contributed by atoms with Crippen molar-refractivity contribution in [3.8, 4) is 5.88 Å². The maximum atomic E-state index is 12.4. The number of imidazole rings is 1. The summed E-state index contributed by atoms with van der Waals surface area (Å²) in [4.78, 5) is 14.1. The number of fused-ring (bicyclic) bond motifs is 1. The van der Waals surface area contributed by atoms with E-state index in [-0.39, 0.29) is 0 Å². The van der Waals surface area contributed by atoms with Gasteiger partial charge in [-0.25, -0.2) is 9.98 Å². The Labute approximate surface area is 227 Å². The Morgan fingerprint density at radius 3 is 2.33 bits per heavy atom. The first kappa shape index (κ1) is 26.4. The zero-order valence-corrected chi connectivity index (χ0v) is 22.4. The van der Waals surface area contributed by atoms with Gasteiger partial charge in [0.1, 0.15) is 6.67 Å². The van der Waals surface area contributed by atoms with Crippen molar-refractivity contribution >= 4 is 22.8 Å². The molecule has 2 aromatic heterocycles. The predicted octanol–water partition coefficient (Wildman–Crippen LogP) is 3.08. The van der Waals surface area contributed by atoms with E-state index in [0.717, 1.165) is 5.52 Å². The van der Waals surface area contributed by atoms with E-state index >= 15 is 0 Å². The van der Waals surface area contributed by atoms with Crippen LogP contribution in [0.4, 0.5) is 0 Å². The molecule has 2 aromatic carbocycles. The molecule has 0 unspecified atom stereocenters. The summed E-state index contributed by atoms with van der Waals surface area (Å²) >= 11 is 0. The number of aromatic nitrogens is 3. The zero-order valence-electron chi connectivity index (χ0n) is 22.4. The fourth-order valence-electron chi connectivity index (χ4n) is 4.77. The molecule has 0 saturated heterocycles. The molecule has 0 fully saturated rings. The quantitative estimate of drug-likeness (QED) is 0.289. The highest BCUT2D eigenvalue weighted by molar-refractivity contribution is 5.91. The highest BCUT2D eigenvalue weighted by atomic mass is 16.5. The van der Waals surface area contributed by atoms with Gasteiger partial charge in [-0.05, 0) is 24.1 Å². The summed E-state index contributed by atoms with van der Waals surface area (Å²) in [5, 5.41) is 17.6. The Kier molecular flexibility index (Phi) is 7.60. The second-order valence-electron chi connectivity index (χ2n) is 9.13. The van der Waals surface area contributed by atoms with Crippen LogP contribution in [-0.4, -0.2) is 64.6 Å². The minimum atomic E-state index is -1.50. The van der Waals surface area contributed by atoms with Crippen LogP contribution in [0.5, 0.6) is 5.88 Å². The Morgan fingerprint density at radius 1 is 1.08 bits per heavy atom. The lowest BCUT2D eigenvalue weighted by Crippen LogP contribution is -2.43. The molecule has 0 aliphatic carbocycles. The molecule has 3 heterocycles. The van der Waals surface area contributed by atoms with E-state index < -0.39 is 5.60 Å². The van der Waals surface area contributed by atoms with Crippen molar-refractivity contribution in [1.29, 1.82) is 0 Å². The maximum Gasteiger partial charge on any atom is 0.224 e. The molecule has 0 atom stereocenters. The average Bonchev–Trinajstić information content (AvgIpc) is 3.59. The molecular weight excluding hydrogens is 494 g/mol. The SMILES string of the molecule is C=C(NC1=NCN(CCOC)N1)c1cc2c(nc1OC)nc(C(O)(c1ccccc1)c1ccccc1)n2CC. The Hall–Kier alpha value is -4.25. The molecule has 1 aliphatic rings. The molecule has 39 heavy (non-hydrogen) atoms. The van der Waals surface area contributed by atoms with Crippen molar-refractivity contribution in [3.05, 3.63) is 95.8 Å². The second kappa shape index (κ2) is 11.2. The minimum absolute atomic E-state index is 0.366. The van der Waals surface area contributed by atoms with Gasteiger partial charge in [-0.3, -0.25) is 5.43 Å². The van der Waals surface area contributed by atoms with Crippen LogP contribution in [0.15, 0.2) is 78.3 Å². The third kappa shape index (κ3) is 4.97. The second-order valence-corrected chi connectivity index (χ2v) is 9.13. The van der Waals surface area contributed by atoms with E-state index in [9.17, 15) is 5.11 Å². The van der Waals surface area contributed by atoms with Crippen molar-refractivity contribution in [2.45, 2.75) is 19.1 Å². The smallest absolute Gasteiger partial charge is 0.224 e. The number of methoxy groups -OCH3 is 2. The first-order valence-electron chi connectivity index (χ1n) is 12.8. The standard InChI is InChI=1S/C29H33N7O3/c1-5-36-24-18-23(20(2)31-28-30-19-35(34-28)16-17-38-3)26(39-4)32-25(24)33-27(36)29(37,21-12-8-6-9-13-21)22-14-10-7-11-15-22/h6-15,18,37H,2,5,16-17,19H2,1,3-4H3,(H2,30,31,34). The van der Waals surface area contributed by atoms with E-state index in [2.05, 4.69) is 22.3 Å². The van der Waals surface area contributed by atoms with Crippen LogP contribution in [0.3, 0.4) is 0 Å². The third-order valence-electron chi connectivity index (χ3n) is 6.75. The van der Waals surface area contributed by atoms with E-state index in [1.807, 2.05) is 83.2 Å². The number of benzene rings is 2. The van der Waals surface area contributed by atoms with Gasteiger partial charge in [0.25, 0.3) is 0 Å². The van der Waals surface area contributed by atoms with Crippen LogP contribution in [0.1, 0.15) is 29.4 Å². The number of nitrogens with one attached hydrogen (secondary N) is 2. The Balaban J connectivity index is 1.57. The number of aliphatic imine (C=N–C) groups is 1. The fraction of sp³-hybridized carbons (Fsp3) is 0.276. The number of hydrogen-bond donors (Lipinski definition) is 3. The highest BCUT2D eigenvalue weighted by Gasteiger charge is 2.39. The van der Waals surface area contributed by atoms with Gasteiger partial charge >= 0.3 is 0 Å². The molecular formula is C29H33N7O3. The van der Waals surface area contributed by atoms with Crippen LogP contribution < -0.4 is 15.5 Å². The number of aryl methyl sites for hydroxylation is 1. The number of guanidine groups is 1. The molecule has 0 bridgehead atoms. The van der Waals surface area contributed by atoms with Crippen molar-refractivity contribution in [3.63, 3.8) is 0 Å². The number of hydrogen-bond acceptors (Lipinski definition) is 9. The van der Waals surface area contributed by atoms with E-state index in [0.29, 0.717) is 72.1 Å². The summed E-state index contributed by atoms with van der Waals surface area (Å²) in [5.74, 6) is 1.41. The Morgan fingerprint density at radius 2 is 1.74 bits per heavy atom. The van der Waals surface area contributed by atoms with Gasteiger partial charge in [0.2, 0.25) is 11.8 Å². The molecule has 1 aliphatic heterocycles. The van der Waals surface area contributed by atoms with Gasteiger partial charge in [-0.2, -0.15) is 9.99 Å². The van der Waals surface area contributed by atoms with Crippen LogP contribution in [0.25, 0.3) is 16.9 Å². The van der Waals surface area contributed by atoms with E-state index in [4.69, 9.17) is 19.4 Å². The van der Waals surface area contributed by atoms with Crippen molar-refractivity contribution in [1.82, 2.24) is 30.3 Å². The number of nitrogens with zero attached hydrogens (tertiary/aromatic N) is 5. The van der Waals surface area contributed by atoms with Crippen LogP contribution in [-0.2, 0) is 16.9 Å². The van der Waals surface area contributed by atoms with Crippen LogP contribution in [0, 0.1) is 0 Å². The molecule has 0 spiro atoms. The molecule has 4 aromatic rings. The van der Waals surface area contributed by atoms with Crippen LogP contribution >= 0.6 is 0 Å². The number of rotatable bonds is 10. The van der Waals surface area contributed by atoms with Gasteiger partial charge in [0, 0.05) is 25.9 Å². The molecule has 0 amide bonds. The lowest BCUT2D eigenvalue weighted by Gasteiger charge is -2.29. The van der Waals surface area contributed by atoms with E-state index in [1.165, 1.54) is 0 Å². The largest absolute Gasteiger partial charge is 0.480 e. The van der Waals surface area contributed by atoms with Gasteiger partial charge in [0.05, 0.1) is 24.8 Å². The summed E-state index contributed by atoms with van der Waals surface area (Å²) in [6.45, 7) is 8.58. The lowest BCUT2D eigenvalue weighted by atomic mass is 9.85. The Bertz CT molecular complexity index is 1450. The molecule has 10 nitrogen and oxygen atoms in total. The normalized spacial score (nSPS) is 13.8. The van der Waals surface area contributed by atoms with Gasteiger partial charge in [-0.15, -0.1) is 0 Å². The summed E-state index contributed by atoms with van der Waals surface area (Å²) in [7, 11) is 3.23. The first-order valence-corrected chi connectivity index (χ1v) is 12.8. The molecule has 10 heteroatoms. The average molecular weight is 528 g/mol. The first-order chi connectivity index (χ1) is 19.0. The summed E-state index contributed by atoms with van der Waals surface area (Å²) < 4.78 is 12.8. The number of hydrazine groups is 1. The van der Waals surface area contributed by atoms with Crippen molar-refractivity contribution < 1.29 is 14.6 Å². The van der Waals surface area contributed by atoms with Gasteiger partial charge in [-0.1, -0.05) is 67.2 Å². The van der Waals surface area contributed by atoms with Gasteiger partial charge < -0.3 is 24.5 Å². The topological polar surface area (TPSA) is 109 Å². The fourth-order valence-corrected chi connectivity index (χ4v) is 4.77. The molecule has 202 valence electrons. The van der Waals surface area contributed by atoms with E-state index in [1.54, 1.807) is 14.2 Å². The van der Waals surface area contributed by atoms with Gasteiger partial charge in [0.15, 0.2) is 17.1 Å². The number of pyridine rings is 1. The molecule has 0 saturated carbocycles. The van der Waals surface area contributed by atoms with Crippen LogP contribution in [0.2, 0.25) is 0 Å². The summed E-state index contributed by atoms with van der Waals surface area (Å²) in [5.41, 5.74) is 5.56. The predicted molar refractivity (Wildman–Crippen MR) is 151 cm³/mol. The lowest BCUT2D eigenvalue weighted by molar-refractivity contribution is 0.112. The monoisotopic (exact) mass is 527 g/mol. The third-order valence-corrected chi connectivity index (χ3v) is 6.75. The maximum absolute atomic E-state index is 12.4. The van der Waals surface area contributed by atoms with Crippen molar-refractivity contribution in [2.75, 3.05) is 34.0 Å². The number of ether oxygens (including phenoxy) is 2. The molecule has 5 rings (SSSR count). The minimum Gasteiger partial charge on any atom is -0.480 e. The van der Waals surface area contributed by atoms with Crippen molar-refractivity contribution in [2.24, 2.45) is 4.99 Å².